The predicted octanol–water partition coefficient (Wildman–Crippen LogP) is 10.3. The molecule has 0 fully saturated rings. The van der Waals surface area contributed by atoms with Crippen LogP contribution < -0.4 is 30.2 Å². The Hall–Kier alpha value is -7.68. The number of carbonyl (C=O) groups excluding carboxylic acids is 5. The Morgan fingerprint density at radius 2 is 1.06 bits per heavy atom. The van der Waals surface area contributed by atoms with Crippen molar-refractivity contribution in [3.8, 4) is 17.2 Å². The largest absolute Gasteiger partial charge is 0.491 e. The Kier molecular flexibility index (Phi) is 16.4. The van der Waals surface area contributed by atoms with Crippen molar-refractivity contribution in [1.29, 1.82) is 0 Å². The lowest BCUT2D eigenvalue weighted by molar-refractivity contribution is -0.155. The number of esters is 2. The first kappa shape index (κ1) is 48.4. The summed E-state index contributed by atoms with van der Waals surface area (Å²) in [5, 5.41) is 8.29. The van der Waals surface area contributed by atoms with Crippen LogP contribution in [-0.2, 0) is 32.2 Å². The second-order valence-electron chi connectivity index (χ2n) is 16.4. The van der Waals surface area contributed by atoms with E-state index in [0.717, 1.165) is 5.56 Å². The van der Waals surface area contributed by atoms with E-state index in [4.69, 9.17) is 28.4 Å². The summed E-state index contributed by atoms with van der Waals surface area (Å²) < 4.78 is 47.7. The van der Waals surface area contributed by atoms with Crippen molar-refractivity contribution in [2.75, 3.05) is 29.2 Å². The van der Waals surface area contributed by atoms with Crippen molar-refractivity contribution >= 4 is 46.9 Å². The minimum Gasteiger partial charge on any atom is -0.491 e. The third-order valence-electron chi connectivity index (χ3n) is 8.70. The first-order valence-corrected chi connectivity index (χ1v) is 20.6. The Balaban J connectivity index is 1.42. The van der Waals surface area contributed by atoms with E-state index >= 15 is 0 Å². The summed E-state index contributed by atoms with van der Waals surface area (Å²) in [4.78, 5) is 65.8. The molecule has 0 aliphatic carbocycles. The first-order chi connectivity index (χ1) is 30.9. The average molecular weight is 890 g/mol. The molecule has 0 bridgehead atoms. The Labute approximate surface area is 377 Å². The number of halogens is 1. The van der Waals surface area contributed by atoms with E-state index in [0.29, 0.717) is 5.56 Å². The molecule has 14 nitrogen and oxygen atoms in total. The number of hydrogen-bond acceptors (Lipinski definition) is 11. The standard InChI is InChI=1S/C50H52FN3O11/c1-8-25-61-47(58)36-18-23-39(43(29-36)63-31-33-14-19-37(51)20-15-33)53-45(56)34-16-21-38(41(27-34)60-26-24-44(55)64-49(2,3)4)52-46(57)35-17-22-40(54-48(59)65-50(5,6)7)42(28-35)62-30-32-12-10-9-11-13-32/h8-23,27-29H,1,24-26,30-31H2,2-7H3,(H,52,57)(H,53,56)(H,54,59). The fraction of sp³-hybridized carbons (Fsp3) is 0.260. The molecule has 340 valence electrons. The van der Waals surface area contributed by atoms with Crippen LogP contribution in [0.25, 0.3) is 0 Å². The number of rotatable bonds is 18. The molecular weight excluding hydrogens is 838 g/mol. The summed E-state index contributed by atoms with van der Waals surface area (Å²) in [5.41, 5.74) is 0.954. The van der Waals surface area contributed by atoms with Gasteiger partial charge in [0.2, 0.25) is 0 Å². The number of nitrogens with one attached hydrogen (secondary N) is 3. The van der Waals surface area contributed by atoms with E-state index in [1.54, 1.807) is 41.5 Å². The van der Waals surface area contributed by atoms with Gasteiger partial charge in [-0.2, -0.15) is 0 Å². The average Bonchev–Trinajstić information content (AvgIpc) is 3.24. The summed E-state index contributed by atoms with van der Waals surface area (Å²) in [7, 11) is 0. The van der Waals surface area contributed by atoms with Crippen LogP contribution in [0, 0.1) is 5.82 Å². The van der Waals surface area contributed by atoms with Gasteiger partial charge in [0.15, 0.2) is 0 Å². The molecule has 0 aliphatic rings. The van der Waals surface area contributed by atoms with E-state index in [9.17, 15) is 28.4 Å². The lowest BCUT2D eigenvalue weighted by atomic mass is 10.1. The quantitative estimate of drug-likeness (QED) is 0.0433. The fourth-order valence-corrected chi connectivity index (χ4v) is 5.78. The highest BCUT2D eigenvalue weighted by Crippen LogP contribution is 2.32. The van der Waals surface area contributed by atoms with Gasteiger partial charge in [0.1, 0.15) is 54.1 Å². The number of hydrogen-bond donors (Lipinski definition) is 3. The second-order valence-corrected chi connectivity index (χ2v) is 16.4. The predicted molar refractivity (Wildman–Crippen MR) is 243 cm³/mol. The number of benzene rings is 5. The summed E-state index contributed by atoms with van der Waals surface area (Å²) in [5.74, 6) is -2.46. The topological polar surface area (TPSA) is 177 Å². The number of carbonyl (C=O) groups is 5. The Morgan fingerprint density at radius 3 is 1.58 bits per heavy atom. The maximum Gasteiger partial charge on any atom is 0.412 e. The SMILES string of the molecule is C=CCOC(=O)c1ccc(NC(=O)c2ccc(NC(=O)c3ccc(NC(=O)OC(C)(C)C)c(OCc4ccccc4)c3)c(OCCC(=O)OC(C)(C)C)c2)c(OCc2ccc(F)cc2)c1. The van der Waals surface area contributed by atoms with Crippen LogP contribution in [0.15, 0.2) is 122 Å². The van der Waals surface area contributed by atoms with Gasteiger partial charge in [-0.1, -0.05) is 55.1 Å². The van der Waals surface area contributed by atoms with E-state index < -0.39 is 46.9 Å². The van der Waals surface area contributed by atoms with Crippen molar-refractivity contribution in [3.63, 3.8) is 0 Å². The van der Waals surface area contributed by atoms with Gasteiger partial charge in [-0.15, -0.1) is 0 Å². The normalized spacial score (nSPS) is 11.1. The molecule has 0 radical (unpaired) electrons. The third-order valence-corrected chi connectivity index (χ3v) is 8.70. The number of anilines is 3. The van der Waals surface area contributed by atoms with Crippen LogP contribution in [0.4, 0.5) is 26.2 Å². The van der Waals surface area contributed by atoms with Gasteiger partial charge in [0.05, 0.1) is 35.7 Å². The molecule has 0 unspecified atom stereocenters. The molecule has 0 heterocycles. The van der Waals surface area contributed by atoms with Crippen molar-refractivity contribution < 1.29 is 56.8 Å². The molecule has 0 atom stereocenters. The van der Waals surface area contributed by atoms with Crippen LogP contribution in [0.2, 0.25) is 0 Å². The minimum atomic E-state index is -0.768. The Morgan fingerprint density at radius 1 is 0.585 bits per heavy atom. The zero-order valence-corrected chi connectivity index (χ0v) is 37.1. The molecule has 0 aliphatic heterocycles. The minimum absolute atomic E-state index is 0.0223. The molecular formula is C50H52FN3O11. The van der Waals surface area contributed by atoms with Crippen molar-refractivity contribution in [1.82, 2.24) is 0 Å². The lowest BCUT2D eigenvalue weighted by Crippen LogP contribution is -2.27. The van der Waals surface area contributed by atoms with Gasteiger partial charge >= 0.3 is 18.0 Å². The first-order valence-electron chi connectivity index (χ1n) is 20.6. The highest BCUT2D eigenvalue weighted by Gasteiger charge is 2.22. The molecule has 5 rings (SSSR count). The van der Waals surface area contributed by atoms with Gasteiger partial charge in [-0.3, -0.25) is 19.7 Å². The lowest BCUT2D eigenvalue weighted by Gasteiger charge is -2.21. The molecule has 3 amide bonds. The van der Waals surface area contributed by atoms with E-state index in [1.807, 2.05) is 30.3 Å². The summed E-state index contributed by atoms with van der Waals surface area (Å²) >= 11 is 0. The molecule has 0 saturated carbocycles. The molecule has 0 saturated heterocycles. The van der Waals surface area contributed by atoms with Crippen LogP contribution in [-0.4, -0.2) is 54.3 Å². The van der Waals surface area contributed by atoms with Crippen LogP contribution in [0.5, 0.6) is 17.2 Å². The highest BCUT2D eigenvalue weighted by atomic mass is 19.1. The van der Waals surface area contributed by atoms with Crippen molar-refractivity contribution in [2.45, 2.75) is 72.4 Å². The maximum atomic E-state index is 13.9. The van der Waals surface area contributed by atoms with E-state index in [1.165, 1.54) is 84.9 Å². The Bertz CT molecular complexity index is 2500. The maximum absolute atomic E-state index is 13.9. The molecule has 0 aromatic heterocycles. The van der Waals surface area contributed by atoms with Crippen molar-refractivity contribution in [2.24, 2.45) is 0 Å². The van der Waals surface area contributed by atoms with E-state index in [2.05, 4.69) is 22.5 Å². The number of ether oxygens (including phenoxy) is 6. The van der Waals surface area contributed by atoms with Gasteiger partial charge < -0.3 is 39.1 Å². The van der Waals surface area contributed by atoms with Gasteiger partial charge in [0.25, 0.3) is 11.8 Å². The monoisotopic (exact) mass is 889 g/mol. The van der Waals surface area contributed by atoms with Gasteiger partial charge in [0, 0.05) is 11.1 Å². The zero-order chi connectivity index (χ0) is 47.1. The molecule has 3 N–H and O–H groups in total. The fourth-order valence-electron chi connectivity index (χ4n) is 5.78. The van der Waals surface area contributed by atoms with Gasteiger partial charge in [-0.25, -0.2) is 14.0 Å². The zero-order valence-electron chi connectivity index (χ0n) is 37.1. The molecule has 0 spiro atoms. The molecule has 5 aromatic carbocycles. The van der Waals surface area contributed by atoms with E-state index in [-0.39, 0.29) is 83.8 Å². The molecule has 65 heavy (non-hydrogen) atoms. The smallest absolute Gasteiger partial charge is 0.412 e. The van der Waals surface area contributed by atoms with Crippen LogP contribution >= 0.6 is 0 Å². The third kappa shape index (κ3) is 15.6. The van der Waals surface area contributed by atoms with Gasteiger partial charge in [-0.05, 0) is 119 Å². The highest BCUT2D eigenvalue weighted by molar-refractivity contribution is 6.08. The van der Waals surface area contributed by atoms with Crippen LogP contribution in [0.3, 0.4) is 0 Å². The van der Waals surface area contributed by atoms with Crippen LogP contribution in [0.1, 0.15) is 90.2 Å². The molecule has 5 aromatic rings. The van der Waals surface area contributed by atoms with Crippen molar-refractivity contribution in [3.05, 3.63) is 155 Å². The number of amides is 3. The molecule has 15 heteroatoms. The summed E-state index contributed by atoms with van der Waals surface area (Å²) in [6.45, 7) is 13.9. The summed E-state index contributed by atoms with van der Waals surface area (Å²) in [6, 6.07) is 28.1. The second kappa shape index (κ2) is 22.1. The summed E-state index contributed by atoms with van der Waals surface area (Å²) in [6.07, 6.45) is 0.562.